The van der Waals surface area contributed by atoms with Crippen molar-refractivity contribution >= 4 is 28.9 Å². The van der Waals surface area contributed by atoms with Crippen LogP contribution >= 0.6 is 11.6 Å². The van der Waals surface area contributed by atoms with Gasteiger partial charge in [-0.3, -0.25) is 9.80 Å². The van der Waals surface area contributed by atoms with Crippen LogP contribution in [-0.4, -0.2) is 34.0 Å². The molecule has 4 atom stereocenters. The predicted octanol–water partition coefficient (Wildman–Crippen LogP) is 4.02. The van der Waals surface area contributed by atoms with Crippen LogP contribution in [0.5, 0.6) is 5.75 Å². The Bertz CT molecular complexity index is 947. The van der Waals surface area contributed by atoms with Gasteiger partial charge in [0.05, 0.1) is 28.9 Å². The SMILES string of the molecule is C[C@H]1C(C(=O)N[C@H]2CCCC[C@@H]2O)=NN(c2ccccc2Cl)[C@H]1c1ccc(O)cc1. The third-order valence-corrected chi connectivity index (χ3v) is 6.32. The summed E-state index contributed by atoms with van der Waals surface area (Å²) in [5.74, 6) is -0.294. The number of amides is 1. The number of nitrogens with zero attached hydrogens (tertiary/aromatic N) is 2. The summed E-state index contributed by atoms with van der Waals surface area (Å²) in [6.45, 7) is 1.96. The van der Waals surface area contributed by atoms with Crippen LogP contribution in [0.15, 0.2) is 53.6 Å². The Morgan fingerprint density at radius 2 is 1.83 bits per heavy atom. The van der Waals surface area contributed by atoms with E-state index in [0.717, 1.165) is 24.8 Å². The van der Waals surface area contributed by atoms with Crippen LogP contribution in [0.2, 0.25) is 5.02 Å². The Morgan fingerprint density at radius 1 is 1.13 bits per heavy atom. The molecule has 1 fully saturated rings. The molecule has 0 radical (unpaired) electrons. The number of phenols is 1. The Morgan fingerprint density at radius 3 is 2.53 bits per heavy atom. The number of phenolic OH excluding ortho intramolecular Hbond substituents is 1. The number of rotatable bonds is 4. The number of aliphatic hydroxyl groups is 1. The number of anilines is 1. The quantitative estimate of drug-likeness (QED) is 0.688. The summed E-state index contributed by atoms with van der Waals surface area (Å²) < 4.78 is 0. The van der Waals surface area contributed by atoms with E-state index >= 15 is 0 Å². The molecular weight excluding hydrogens is 402 g/mol. The van der Waals surface area contributed by atoms with Gasteiger partial charge in [-0.25, -0.2) is 0 Å². The van der Waals surface area contributed by atoms with Gasteiger partial charge >= 0.3 is 0 Å². The van der Waals surface area contributed by atoms with Crippen LogP contribution < -0.4 is 10.3 Å². The second-order valence-electron chi connectivity index (χ2n) is 8.04. The van der Waals surface area contributed by atoms with Crippen molar-refractivity contribution in [2.45, 2.75) is 50.8 Å². The molecule has 1 aliphatic heterocycles. The van der Waals surface area contributed by atoms with E-state index in [4.69, 9.17) is 11.6 Å². The van der Waals surface area contributed by atoms with Crippen LogP contribution in [0.3, 0.4) is 0 Å². The van der Waals surface area contributed by atoms with Crippen LogP contribution in [0.25, 0.3) is 0 Å². The zero-order chi connectivity index (χ0) is 21.3. The first-order valence-electron chi connectivity index (χ1n) is 10.4. The minimum absolute atomic E-state index is 0.180. The highest BCUT2D eigenvalue weighted by Gasteiger charge is 2.40. The summed E-state index contributed by atoms with van der Waals surface area (Å²) in [6.07, 6.45) is 2.92. The molecule has 158 valence electrons. The Labute approximate surface area is 181 Å². The molecule has 30 heavy (non-hydrogen) atoms. The summed E-state index contributed by atoms with van der Waals surface area (Å²) in [5, 5.41) is 29.9. The van der Waals surface area contributed by atoms with Crippen molar-refractivity contribution < 1.29 is 15.0 Å². The molecule has 1 saturated carbocycles. The number of nitrogens with one attached hydrogen (secondary N) is 1. The molecule has 0 unspecified atom stereocenters. The van der Waals surface area contributed by atoms with Gasteiger partial charge in [0.2, 0.25) is 0 Å². The van der Waals surface area contributed by atoms with E-state index in [1.54, 1.807) is 23.2 Å². The molecule has 0 saturated heterocycles. The number of aromatic hydroxyl groups is 1. The molecule has 0 aromatic heterocycles. The molecule has 0 bridgehead atoms. The van der Waals surface area contributed by atoms with Gasteiger partial charge in [0.1, 0.15) is 11.5 Å². The maximum absolute atomic E-state index is 13.1. The van der Waals surface area contributed by atoms with Crippen molar-refractivity contribution in [1.82, 2.24) is 5.32 Å². The highest BCUT2D eigenvalue weighted by molar-refractivity contribution is 6.41. The van der Waals surface area contributed by atoms with Crippen molar-refractivity contribution in [3.8, 4) is 5.75 Å². The van der Waals surface area contributed by atoms with Crippen molar-refractivity contribution in [1.29, 1.82) is 0 Å². The summed E-state index contributed by atoms with van der Waals surface area (Å²) in [6, 6.07) is 13.8. The molecule has 0 spiro atoms. The van der Waals surface area contributed by atoms with Crippen LogP contribution in [0, 0.1) is 5.92 Å². The van der Waals surface area contributed by atoms with E-state index in [1.165, 1.54) is 0 Å². The normalized spacial score (nSPS) is 26.4. The number of carbonyl (C=O) groups excluding carboxylic acids is 1. The van der Waals surface area contributed by atoms with E-state index in [0.29, 0.717) is 22.8 Å². The number of hydrazone groups is 1. The average Bonchev–Trinajstić information content (AvgIpc) is 3.08. The lowest BCUT2D eigenvalue weighted by atomic mass is 9.89. The first kappa shape index (κ1) is 20.7. The average molecular weight is 428 g/mol. The van der Waals surface area contributed by atoms with Crippen LogP contribution in [-0.2, 0) is 4.79 Å². The van der Waals surface area contributed by atoms with Gasteiger partial charge in [0, 0.05) is 5.92 Å². The largest absolute Gasteiger partial charge is 0.508 e. The second kappa shape index (κ2) is 8.66. The van der Waals surface area contributed by atoms with Gasteiger partial charge in [-0.05, 0) is 42.7 Å². The van der Waals surface area contributed by atoms with Crippen molar-refractivity contribution in [2.24, 2.45) is 11.0 Å². The van der Waals surface area contributed by atoms with Gasteiger partial charge in [0.25, 0.3) is 5.91 Å². The van der Waals surface area contributed by atoms with Gasteiger partial charge in [-0.15, -0.1) is 0 Å². The van der Waals surface area contributed by atoms with Crippen molar-refractivity contribution in [3.63, 3.8) is 0 Å². The molecule has 7 heteroatoms. The van der Waals surface area contributed by atoms with E-state index in [2.05, 4.69) is 10.4 Å². The molecule has 2 aromatic carbocycles. The van der Waals surface area contributed by atoms with Crippen LogP contribution in [0.1, 0.15) is 44.2 Å². The Balaban J connectivity index is 1.67. The predicted molar refractivity (Wildman–Crippen MR) is 118 cm³/mol. The fraction of sp³-hybridized carbons (Fsp3) is 0.391. The zero-order valence-electron chi connectivity index (χ0n) is 16.8. The maximum atomic E-state index is 13.1. The number of aliphatic hydroxyl groups excluding tert-OH is 1. The standard InChI is InChI=1S/C23H26ClN3O3/c1-14-21(23(30)25-18-7-3-5-9-20(18)29)26-27(19-8-4-2-6-17(19)24)22(14)15-10-12-16(28)13-11-15/h2,4,6,8,10-14,18,20,22,28-29H,3,5,7,9H2,1H3,(H,25,30)/t14-,18-,20-,22+/m0/s1. The summed E-state index contributed by atoms with van der Waals surface area (Å²) in [5.41, 5.74) is 2.04. The fourth-order valence-electron chi connectivity index (χ4n) is 4.35. The van der Waals surface area contributed by atoms with E-state index in [-0.39, 0.29) is 29.7 Å². The first-order chi connectivity index (χ1) is 14.5. The third kappa shape index (κ3) is 4.02. The van der Waals surface area contributed by atoms with Gasteiger partial charge in [0.15, 0.2) is 0 Å². The number of para-hydroxylation sites is 1. The molecule has 2 aliphatic rings. The minimum atomic E-state index is -0.521. The third-order valence-electron chi connectivity index (χ3n) is 6.00. The molecule has 4 rings (SSSR count). The molecule has 1 amide bonds. The van der Waals surface area contributed by atoms with Crippen molar-refractivity contribution in [3.05, 3.63) is 59.1 Å². The lowest BCUT2D eigenvalue weighted by molar-refractivity contribution is -0.116. The van der Waals surface area contributed by atoms with Gasteiger partial charge in [-0.1, -0.05) is 55.6 Å². The first-order valence-corrected chi connectivity index (χ1v) is 10.7. The van der Waals surface area contributed by atoms with Gasteiger partial charge in [-0.2, -0.15) is 5.10 Å². The number of halogens is 1. The van der Waals surface area contributed by atoms with Crippen LogP contribution in [0.4, 0.5) is 5.69 Å². The summed E-state index contributed by atoms with van der Waals surface area (Å²) in [7, 11) is 0. The van der Waals surface area contributed by atoms with E-state index in [1.807, 2.05) is 37.3 Å². The maximum Gasteiger partial charge on any atom is 0.268 e. The zero-order valence-corrected chi connectivity index (χ0v) is 17.6. The second-order valence-corrected chi connectivity index (χ2v) is 8.45. The highest BCUT2D eigenvalue weighted by Crippen LogP contribution is 2.42. The number of hydrogen-bond donors (Lipinski definition) is 3. The topological polar surface area (TPSA) is 85.2 Å². The number of carbonyl (C=O) groups is 1. The lowest BCUT2D eigenvalue weighted by Gasteiger charge is -2.29. The fourth-order valence-corrected chi connectivity index (χ4v) is 4.57. The van der Waals surface area contributed by atoms with Crippen molar-refractivity contribution in [2.75, 3.05) is 5.01 Å². The molecule has 1 heterocycles. The van der Waals surface area contributed by atoms with E-state index < -0.39 is 6.10 Å². The summed E-state index contributed by atoms with van der Waals surface area (Å²) in [4.78, 5) is 13.1. The molecule has 1 aliphatic carbocycles. The molecule has 3 N–H and O–H groups in total. The summed E-state index contributed by atoms with van der Waals surface area (Å²) >= 11 is 6.45. The number of hydrogen-bond acceptors (Lipinski definition) is 5. The smallest absolute Gasteiger partial charge is 0.268 e. The Kier molecular flexibility index (Phi) is 5.97. The Hall–Kier alpha value is -2.57. The molecule has 6 nitrogen and oxygen atoms in total. The lowest BCUT2D eigenvalue weighted by Crippen LogP contribution is -2.48. The van der Waals surface area contributed by atoms with Gasteiger partial charge < -0.3 is 15.5 Å². The van der Waals surface area contributed by atoms with E-state index in [9.17, 15) is 15.0 Å². The highest BCUT2D eigenvalue weighted by atomic mass is 35.5. The molecule has 2 aromatic rings. The molecular formula is C23H26ClN3O3. The minimum Gasteiger partial charge on any atom is -0.508 e. The monoisotopic (exact) mass is 427 g/mol. The number of benzene rings is 2.